The predicted molar refractivity (Wildman–Crippen MR) is 142 cm³/mol. The van der Waals surface area contributed by atoms with Crippen LogP contribution in [-0.2, 0) is 17.8 Å². The summed E-state index contributed by atoms with van der Waals surface area (Å²) in [6.07, 6.45) is 3.70. The fourth-order valence-corrected chi connectivity index (χ4v) is 5.85. The van der Waals surface area contributed by atoms with Crippen LogP contribution in [0.4, 0.5) is 5.82 Å². The van der Waals surface area contributed by atoms with Crippen molar-refractivity contribution < 1.29 is 14.5 Å². The molecule has 1 N–H and O–H groups in total. The zero-order valence-corrected chi connectivity index (χ0v) is 21.3. The van der Waals surface area contributed by atoms with Crippen molar-refractivity contribution in [2.75, 3.05) is 39.3 Å². The molecule has 198 valence electrons. The number of rotatable bonds is 6. The third-order valence-electron chi connectivity index (χ3n) is 8.05. The number of fused-ring (bicyclic) bond motifs is 1. The Kier molecular flexibility index (Phi) is 6.59. The SMILES string of the molecule is O=C(CN1CCNCC1Cc1ccc(-c2ccccc2)cc1)N1CCC2(CC1)Cn1cc([N+](=O)[O-])nc1O2. The summed E-state index contributed by atoms with van der Waals surface area (Å²) < 4.78 is 7.77. The van der Waals surface area contributed by atoms with Crippen molar-refractivity contribution in [3.8, 4) is 17.1 Å². The van der Waals surface area contributed by atoms with Crippen LogP contribution in [0, 0.1) is 10.1 Å². The van der Waals surface area contributed by atoms with Crippen LogP contribution in [0.25, 0.3) is 11.1 Å². The van der Waals surface area contributed by atoms with Crippen molar-refractivity contribution >= 4 is 11.7 Å². The highest BCUT2D eigenvalue weighted by Crippen LogP contribution is 2.37. The van der Waals surface area contributed by atoms with Crippen molar-refractivity contribution in [2.24, 2.45) is 0 Å². The number of piperidine rings is 1. The maximum Gasteiger partial charge on any atom is 0.415 e. The molecule has 1 spiro atoms. The Morgan fingerprint density at radius 3 is 2.53 bits per heavy atom. The lowest BCUT2D eigenvalue weighted by Gasteiger charge is -2.40. The van der Waals surface area contributed by atoms with Gasteiger partial charge in [-0.25, -0.2) is 0 Å². The number of hydrogen-bond donors (Lipinski definition) is 1. The third-order valence-corrected chi connectivity index (χ3v) is 8.05. The normalized spacial score (nSPS) is 20.7. The molecule has 0 aliphatic carbocycles. The average Bonchev–Trinajstić information content (AvgIpc) is 3.47. The number of hydrogen-bond acceptors (Lipinski definition) is 7. The predicted octanol–water partition coefficient (Wildman–Crippen LogP) is 2.73. The maximum atomic E-state index is 13.3. The van der Waals surface area contributed by atoms with Crippen molar-refractivity contribution in [1.29, 1.82) is 0 Å². The van der Waals surface area contributed by atoms with E-state index < -0.39 is 10.5 Å². The van der Waals surface area contributed by atoms with Crippen LogP contribution in [0.3, 0.4) is 0 Å². The number of imidazole rings is 1. The van der Waals surface area contributed by atoms with E-state index in [0.29, 0.717) is 45.0 Å². The summed E-state index contributed by atoms with van der Waals surface area (Å²) in [5.74, 6) is -0.0438. The van der Waals surface area contributed by atoms with Crippen LogP contribution >= 0.6 is 0 Å². The van der Waals surface area contributed by atoms with Gasteiger partial charge in [0.15, 0.2) is 0 Å². The van der Waals surface area contributed by atoms with E-state index >= 15 is 0 Å². The Bertz CT molecular complexity index is 1280. The van der Waals surface area contributed by atoms with Gasteiger partial charge in [0.05, 0.1) is 13.1 Å². The van der Waals surface area contributed by atoms with Crippen LogP contribution < -0.4 is 10.1 Å². The summed E-state index contributed by atoms with van der Waals surface area (Å²) in [5, 5.41) is 14.5. The minimum absolute atomic E-state index is 0.151. The molecule has 10 nitrogen and oxygen atoms in total. The van der Waals surface area contributed by atoms with E-state index in [4.69, 9.17) is 4.74 Å². The number of nitrogens with zero attached hydrogens (tertiary/aromatic N) is 5. The number of piperazine rings is 1. The molecule has 0 saturated carbocycles. The molecule has 2 aromatic carbocycles. The first kappa shape index (κ1) is 24.6. The number of benzene rings is 2. The van der Waals surface area contributed by atoms with Gasteiger partial charge < -0.3 is 25.1 Å². The Morgan fingerprint density at radius 2 is 1.82 bits per heavy atom. The summed E-state index contributed by atoms with van der Waals surface area (Å²) >= 11 is 0. The molecule has 2 saturated heterocycles. The Morgan fingerprint density at radius 1 is 1.08 bits per heavy atom. The topological polar surface area (TPSA) is 106 Å². The number of amides is 1. The fraction of sp³-hybridized carbons (Fsp3) is 0.429. The molecule has 2 fully saturated rings. The van der Waals surface area contributed by atoms with E-state index in [0.717, 1.165) is 26.1 Å². The van der Waals surface area contributed by atoms with Crippen molar-refractivity contribution in [3.05, 3.63) is 76.5 Å². The summed E-state index contributed by atoms with van der Waals surface area (Å²) in [4.78, 5) is 32.0. The smallest absolute Gasteiger partial charge is 0.415 e. The molecule has 3 aromatic rings. The Balaban J connectivity index is 1.03. The molecule has 6 rings (SSSR count). The number of ether oxygens (including phenoxy) is 1. The molecule has 10 heteroatoms. The van der Waals surface area contributed by atoms with Gasteiger partial charge in [0, 0.05) is 56.6 Å². The lowest BCUT2D eigenvalue weighted by Crippen LogP contribution is -2.56. The second-order valence-corrected chi connectivity index (χ2v) is 10.5. The molecule has 1 amide bonds. The Labute approximate surface area is 221 Å². The average molecular weight is 517 g/mol. The van der Waals surface area contributed by atoms with Gasteiger partial charge in [0.1, 0.15) is 11.8 Å². The van der Waals surface area contributed by atoms with Crippen LogP contribution in [0.15, 0.2) is 60.8 Å². The molecule has 1 aromatic heterocycles. The number of likely N-dealkylation sites (tertiary alicyclic amines) is 1. The van der Waals surface area contributed by atoms with E-state index in [-0.39, 0.29) is 17.8 Å². The van der Waals surface area contributed by atoms with Gasteiger partial charge in [-0.05, 0) is 28.0 Å². The quantitative estimate of drug-likeness (QED) is 0.397. The van der Waals surface area contributed by atoms with Crippen molar-refractivity contribution in [3.63, 3.8) is 0 Å². The number of nitrogens with one attached hydrogen (secondary N) is 1. The summed E-state index contributed by atoms with van der Waals surface area (Å²) in [7, 11) is 0. The van der Waals surface area contributed by atoms with Crippen LogP contribution in [0.1, 0.15) is 18.4 Å². The molecule has 38 heavy (non-hydrogen) atoms. The van der Waals surface area contributed by atoms with E-state index in [2.05, 4.69) is 63.7 Å². The first-order chi connectivity index (χ1) is 18.5. The molecular weight excluding hydrogens is 484 g/mol. The lowest BCUT2D eigenvalue weighted by molar-refractivity contribution is -0.389. The molecule has 0 bridgehead atoms. The Hall–Kier alpha value is -3.76. The van der Waals surface area contributed by atoms with Gasteiger partial charge in [0.25, 0.3) is 0 Å². The van der Waals surface area contributed by atoms with Crippen molar-refractivity contribution in [2.45, 2.75) is 37.5 Å². The first-order valence-corrected chi connectivity index (χ1v) is 13.3. The van der Waals surface area contributed by atoms with E-state index in [1.165, 1.54) is 22.9 Å². The minimum Gasteiger partial charge on any atom is -0.437 e. The standard InChI is InChI=1S/C28H32N6O4/c35-26(31-13-10-28(11-14-31)20-33-18-25(34(36)37)30-27(33)38-28)19-32-15-12-29-17-24(32)16-21-6-8-23(9-7-21)22-4-2-1-3-5-22/h1-9,18,24,29H,10-17,19-20H2. The maximum absolute atomic E-state index is 13.3. The van der Waals surface area contributed by atoms with Gasteiger partial charge in [-0.3, -0.25) is 14.3 Å². The van der Waals surface area contributed by atoms with Gasteiger partial charge in [-0.15, -0.1) is 0 Å². The third kappa shape index (κ3) is 5.01. The zero-order chi connectivity index (χ0) is 26.1. The minimum atomic E-state index is -0.508. The highest BCUT2D eigenvalue weighted by molar-refractivity contribution is 5.78. The van der Waals surface area contributed by atoms with Gasteiger partial charge >= 0.3 is 11.8 Å². The summed E-state index contributed by atoms with van der Waals surface area (Å²) in [5.41, 5.74) is 3.26. The highest BCUT2D eigenvalue weighted by atomic mass is 16.6. The van der Waals surface area contributed by atoms with Crippen LogP contribution in [-0.4, -0.2) is 81.1 Å². The van der Waals surface area contributed by atoms with E-state index in [1.54, 1.807) is 4.57 Å². The number of aromatic nitrogens is 2. The van der Waals surface area contributed by atoms with Gasteiger partial charge in [-0.2, -0.15) is 0 Å². The first-order valence-electron chi connectivity index (χ1n) is 13.3. The highest BCUT2D eigenvalue weighted by Gasteiger charge is 2.46. The van der Waals surface area contributed by atoms with Crippen molar-refractivity contribution in [1.82, 2.24) is 24.7 Å². The molecule has 3 aliphatic heterocycles. The molecular formula is C28H32N6O4. The number of carbonyl (C=O) groups is 1. The monoisotopic (exact) mass is 516 g/mol. The van der Waals surface area contributed by atoms with E-state index in [9.17, 15) is 14.9 Å². The lowest BCUT2D eigenvalue weighted by atomic mass is 9.91. The fourth-order valence-electron chi connectivity index (χ4n) is 5.85. The number of nitro groups is 1. The summed E-state index contributed by atoms with van der Waals surface area (Å²) in [6.45, 7) is 4.77. The molecule has 0 radical (unpaired) electrons. The zero-order valence-electron chi connectivity index (χ0n) is 21.3. The van der Waals surface area contributed by atoms with E-state index in [1.807, 2.05) is 11.0 Å². The number of carbonyl (C=O) groups excluding carboxylic acids is 1. The van der Waals surface area contributed by atoms with Gasteiger partial charge in [0.2, 0.25) is 5.91 Å². The van der Waals surface area contributed by atoms with Gasteiger partial charge in [-0.1, -0.05) is 54.6 Å². The molecule has 1 unspecified atom stereocenters. The van der Waals surface area contributed by atoms with Crippen LogP contribution in [0.5, 0.6) is 6.01 Å². The second kappa shape index (κ2) is 10.2. The second-order valence-electron chi connectivity index (χ2n) is 10.5. The molecule has 4 heterocycles. The molecule has 1 atom stereocenters. The molecule has 3 aliphatic rings. The van der Waals surface area contributed by atoms with Crippen LogP contribution in [0.2, 0.25) is 0 Å². The largest absolute Gasteiger partial charge is 0.437 e. The summed E-state index contributed by atoms with van der Waals surface area (Å²) in [6, 6.07) is 19.7.